The maximum Gasteiger partial charge on any atom is 0.410 e. The number of nitrogens with zero attached hydrogens (tertiary/aromatic N) is 2. The number of carbonyl (C=O) groups excluding carboxylic acids is 6. The maximum absolute atomic E-state index is 14.5. The maximum atomic E-state index is 14.5. The predicted octanol–water partition coefficient (Wildman–Crippen LogP) is 6.89. The van der Waals surface area contributed by atoms with E-state index in [9.17, 15) is 39.0 Å². The molecule has 2 N–H and O–H groups in total. The number of amides is 2. The molecule has 3 fully saturated rings. The lowest BCUT2D eigenvalue weighted by atomic mass is 9.78. The number of methoxy groups -OCH3 is 3. The highest BCUT2D eigenvalue weighted by atomic mass is 16.6. The van der Waals surface area contributed by atoms with Crippen LogP contribution in [-0.2, 0) is 52.4 Å². The molecule has 2 saturated heterocycles. The number of aliphatic hydroxyl groups is 2. The van der Waals surface area contributed by atoms with Gasteiger partial charge in [0.1, 0.15) is 36.2 Å². The largest absolute Gasteiger partial charge is 0.460 e. The van der Waals surface area contributed by atoms with Crippen molar-refractivity contribution in [2.45, 2.75) is 180 Å². The highest BCUT2D eigenvalue weighted by Crippen LogP contribution is 2.38. The molecule has 3 aliphatic heterocycles. The highest BCUT2D eigenvalue weighted by Gasteiger charge is 2.53. The topological polar surface area (TPSA) is 205 Å². The molecule has 15 atom stereocenters. The van der Waals surface area contributed by atoms with E-state index in [0.29, 0.717) is 69.8 Å². The number of esters is 1. The van der Waals surface area contributed by atoms with Crippen molar-refractivity contribution in [1.29, 1.82) is 0 Å². The Balaban J connectivity index is 1.69. The first-order chi connectivity index (χ1) is 34.1. The summed E-state index contributed by atoms with van der Waals surface area (Å²) >= 11 is 0. The monoisotopic (exact) mass is 1010 g/mol. The third kappa shape index (κ3) is 16.0. The van der Waals surface area contributed by atoms with E-state index in [-0.39, 0.29) is 49.3 Å². The SMILES string of the molecule is C#CCN(C)C(=O)O[C@@H]1CC[C@@H](C[C@@H](C)[C@@H]2CC(=O)[C@H](C)/C=C(\C)[C@@H](O)[C@@H](OC)C(=O)[C@H](C)C[C@H](C)/C=C/C=C/C=C(\C)[C@@H](OC)C[C@@H]3CC[C@@H](C)[C@@](O)(O3)C(=O)C(=O)N3CCCC[C@H]3C(=O)O2)C[C@H]1OC. The molecule has 1 aliphatic carbocycles. The molecule has 2 amide bonds. The third-order valence-electron chi connectivity index (χ3n) is 15.3. The van der Waals surface area contributed by atoms with Crippen LogP contribution in [0.1, 0.15) is 126 Å². The van der Waals surface area contributed by atoms with Gasteiger partial charge in [-0.2, -0.15) is 0 Å². The number of piperidine rings is 1. The standard InChI is InChI=1S/C56H84N2O14/c1-13-26-57(9)55(65)71-45-25-23-41(31-48(45)68-11)30-37(5)47-33-44(59)36(4)29-39(7)50(61)51(69-12)49(60)38(6)28-34(2)19-15-14-16-20-35(3)46(67-10)32-42-24-22-40(8)56(66,72-42)52(62)53(63)58-27-18-17-21-43(58)54(64)70-47/h1,14-16,19-20,29,34,36-38,40-43,45-48,50-51,61,66H,17-18,21-28,30-33H2,2-12H3/b16-14+,19-15+,35-20+,39-29+/t34-,36-,37-,38-,40-,41+,42+,43+,45-,46+,47+,48-,50-,51+,56-/m1/s1. The van der Waals surface area contributed by atoms with Crippen molar-refractivity contribution < 1.29 is 67.4 Å². The molecule has 402 valence electrons. The zero-order chi connectivity index (χ0) is 53.4. The molecular weight excluding hydrogens is 925 g/mol. The quantitative estimate of drug-likeness (QED) is 0.110. The van der Waals surface area contributed by atoms with Gasteiger partial charge in [-0.15, -0.1) is 6.42 Å². The second-order valence-electron chi connectivity index (χ2n) is 21.0. The number of carbonyl (C=O) groups is 6. The molecule has 4 rings (SSSR count). The van der Waals surface area contributed by atoms with Crippen molar-refractivity contribution >= 4 is 35.3 Å². The molecule has 0 unspecified atom stereocenters. The molecule has 16 nitrogen and oxygen atoms in total. The molecule has 0 aromatic carbocycles. The molecule has 72 heavy (non-hydrogen) atoms. The van der Waals surface area contributed by atoms with Gasteiger partial charge in [-0.25, -0.2) is 9.59 Å². The van der Waals surface area contributed by atoms with Crippen molar-refractivity contribution in [2.24, 2.45) is 35.5 Å². The van der Waals surface area contributed by atoms with Gasteiger partial charge >= 0.3 is 12.1 Å². The number of Topliss-reactive ketones (excluding diaryl/α,β-unsaturated/α-hetero) is 3. The minimum Gasteiger partial charge on any atom is -0.460 e. The second kappa shape index (κ2) is 28.2. The highest BCUT2D eigenvalue weighted by molar-refractivity contribution is 6.39. The first-order valence-electron chi connectivity index (χ1n) is 25.9. The van der Waals surface area contributed by atoms with Crippen molar-refractivity contribution in [3.63, 3.8) is 0 Å². The first-order valence-corrected chi connectivity index (χ1v) is 25.9. The fourth-order valence-electron chi connectivity index (χ4n) is 10.7. The molecule has 4 aliphatic rings. The van der Waals surface area contributed by atoms with Gasteiger partial charge in [0.25, 0.3) is 11.7 Å². The van der Waals surface area contributed by atoms with E-state index < -0.39 is 102 Å². The van der Waals surface area contributed by atoms with E-state index in [1.54, 1.807) is 55.0 Å². The van der Waals surface area contributed by atoms with E-state index in [1.807, 2.05) is 51.2 Å². The lowest BCUT2D eigenvalue weighted by Crippen LogP contribution is -2.61. The van der Waals surface area contributed by atoms with Crippen LogP contribution in [0.3, 0.4) is 0 Å². The van der Waals surface area contributed by atoms with Crippen LogP contribution < -0.4 is 0 Å². The summed E-state index contributed by atoms with van der Waals surface area (Å²) in [6.07, 6.45) is 15.4. The molecular formula is C56H84N2O14. The Morgan fingerprint density at radius 3 is 2.31 bits per heavy atom. The minimum atomic E-state index is -2.45. The van der Waals surface area contributed by atoms with Crippen LogP contribution in [0.5, 0.6) is 0 Å². The number of allylic oxidation sites excluding steroid dienone is 6. The fraction of sp³-hybridized carbons (Fsp3) is 0.714. The summed E-state index contributed by atoms with van der Waals surface area (Å²) in [5, 5.41) is 23.5. The van der Waals surface area contributed by atoms with E-state index in [2.05, 4.69) is 5.92 Å². The summed E-state index contributed by atoms with van der Waals surface area (Å²) in [6, 6.07) is -1.18. The zero-order valence-electron chi connectivity index (χ0n) is 44.7. The Labute approximate surface area is 428 Å². The number of cyclic esters (lactones) is 1. The lowest BCUT2D eigenvalue weighted by molar-refractivity contribution is -0.265. The third-order valence-corrected chi connectivity index (χ3v) is 15.3. The van der Waals surface area contributed by atoms with Gasteiger partial charge in [0.05, 0.1) is 24.9 Å². The normalized spacial score (nSPS) is 37.4. The Hall–Kier alpha value is -4.50. The van der Waals surface area contributed by atoms with Crippen molar-refractivity contribution in [2.75, 3.05) is 41.5 Å². The van der Waals surface area contributed by atoms with Crippen LogP contribution in [0, 0.1) is 47.9 Å². The molecule has 2 bridgehead atoms. The van der Waals surface area contributed by atoms with E-state index in [1.165, 1.54) is 16.9 Å². The van der Waals surface area contributed by atoms with Crippen LogP contribution in [0.25, 0.3) is 0 Å². The summed E-state index contributed by atoms with van der Waals surface area (Å²) in [4.78, 5) is 86.4. The summed E-state index contributed by atoms with van der Waals surface area (Å²) in [7, 11) is 6.05. The average molecular weight is 1010 g/mol. The fourth-order valence-corrected chi connectivity index (χ4v) is 10.7. The van der Waals surface area contributed by atoms with Gasteiger partial charge in [0, 0.05) is 65.5 Å². The van der Waals surface area contributed by atoms with Gasteiger partial charge < -0.3 is 48.4 Å². The van der Waals surface area contributed by atoms with Crippen LogP contribution >= 0.6 is 0 Å². The lowest BCUT2D eigenvalue weighted by Gasteiger charge is -2.42. The second-order valence-corrected chi connectivity index (χ2v) is 21.0. The van der Waals surface area contributed by atoms with Crippen LogP contribution in [0.4, 0.5) is 4.79 Å². The molecule has 1 saturated carbocycles. The first kappa shape index (κ1) is 60.1. The molecule has 0 aromatic heterocycles. The molecule has 0 radical (unpaired) electrons. The molecule has 16 heteroatoms. The number of rotatable bonds is 8. The minimum absolute atomic E-state index is 0.00248. The number of fused-ring (bicyclic) bond motifs is 3. The van der Waals surface area contributed by atoms with Crippen molar-refractivity contribution in [1.82, 2.24) is 9.80 Å². The van der Waals surface area contributed by atoms with Gasteiger partial charge in [0.2, 0.25) is 5.79 Å². The summed E-state index contributed by atoms with van der Waals surface area (Å²) in [5.41, 5.74) is 1.23. The number of ether oxygens (including phenoxy) is 6. The summed E-state index contributed by atoms with van der Waals surface area (Å²) < 4.78 is 35.5. The smallest absolute Gasteiger partial charge is 0.410 e. The predicted molar refractivity (Wildman–Crippen MR) is 271 cm³/mol. The van der Waals surface area contributed by atoms with Crippen LogP contribution in [0.2, 0.25) is 0 Å². The van der Waals surface area contributed by atoms with Gasteiger partial charge in [-0.1, -0.05) is 77.0 Å². The van der Waals surface area contributed by atoms with Gasteiger partial charge in [0.15, 0.2) is 5.78 Å². The number of hydrogen-bond donors (Lipinski definition) is 2. The van der Waals surface area contributed by atoms with Crippen LogP contribution in [-0.4, -0.2) is 151 Å². The number of ketones is 3. The average Bonchev–Trinajstić information content (AvgIpc) is 3.35. The Morgan fingerprint density at radius 1 is 0.917 bits per heavy atom. The van der Waals surface area contributed by atoms with E-state index in [4.69, 9.17) is 34.8 Å². The van der Waals surface area contributed by atoms with Crippen molar-refractivity contribution in [3.8, 4) is 12.3 Å². The van der Waals surface area contributed by atoms with Crippen LogP contribution in [0.15, 0.2) is 47.6 Å². The Kier molecular flexibility index (Phi) is 23.6. The summed E-state index contributed by atoms with van der Waals surface area (Å²) in [5.74, 6) is -5.93. The van der Waals surface area contributed by atoms with Crippen molar-refractivity contribution in [3.05, 3.63) is 47.6 Å². The van der Waals surface area contributed by atoms with Gasteiger partial charge in [-0.3, -0.25) is 19.2 Å². The Morgan fingerprint density at radius 2 is 1.64 bits per heavy atom. The number of terminal acetylenes is 1. The number of aliphatic hydroxyl groups excluding tert-OH is 1. The zero-order valence-corrected chi connectivity index (χ0v) is 44.7. The molecule has 0 spiro atoms. The Bertz CT molecular complexity index is 2040. The summed E-state index contributed by atoms with van der Waals surface area (Å²) in [6.45, 7) is 12.7. The van der Waals surface area contributed by atoms with E-state index >= 15 is 0 Å². The number of hydrogen-bond acceptors (Lipinski definition) is 14. The van der Waals surface area contributed by atoms with Gasteiger partial charge in [-0.05, 0) is 107 Å². The molecule has 0 aromatic rings. The van der Waals surface area contributed by atoms with E-state index in [0.717, 1.165) is 5.57 Å². The molecule has 3 heterocycles.